The fraction of sp³-hybridized carbons (Fsp3) is 0.273. The summed E-state index contributed by atoms with van der Waals surface area (Å²) in [6.45, 7) is 5.72. The monoisotopic (exact) mass is 489 g/mol. The highest BCUT2D eigenvalue weighted by Gasteiger charge is 2.38. The first-order chi connectivity index (χ1) is 17.8. The van der Waals surface area contributed by atoms with Gasteiger partial charge in [-0.05, 0) is 84.0 Å². The van der Waals surface area contributed by atoms with Crippen molar-refractivity contribution in [1.29, 1.82) is 0 Å². The third-order valence-corrected chi connectivity index (χ3v) is 7.59. The van der Waals surface area contributed by atoms with Crippen LogP contribution in [0, 0.1) is 0 Å². The number of aromatic nitrogens is 1. The predicted molar refractivity (Wildman–Crippen MR) is 149 cm³/mol. The standard InChI is InChI=1S/C33H31NO3/c1-33(2,3)37-32(36)27-16-17-28(31(35)26-18-19-34-29-11-7-6-10-23(26)29)30-24-13-12-20-8-4-5-9-21(20)22(24)14-15-25(27)30/h4-15,18-19,27-28,31,35H,16-17H2,1-3H3. The molecule has 37 heavy (non-hydrogen) atoms. The van der Waals surface area contributed by atoms with Gasteiger partial charge in [0.1, 0.15) is 5.60 Å². The average Bonchev–Trinajstić information content (AvgIpc) is 2.90. The van der Waals surface area contributed by atoms with Crippen LogP contribution in [0.15, 0.2) is 85.1 Å². The molecule has 3 atom stereocenters. The summed E-state index contributed by atoms with van der Waals surface area (Å²) in [6, 6.07) is 26.7. The summed E-state index contributed by atoms with van der Waals surface area (Å²) in [6.07, 6.45) is 2.35. The zero-order valence-corrected chi connectivity index (χ0v) is 21.4. The lowest BCUT2D eigenvalue weighted by Gasteiger charge is -2.36. The van der Waals surface area contributed by atoms with Gasteiger partial charge in [0, 0.05) is 17.5 Å². The van der Waals surface area contributed by atoms with Crippen LogP contribution in [0.1, 0.15) is 68.2 Å². The molecule has 1 aliphatic rings. The van der Waals surface area contributed by atoms with Crippen molar-refractivity contribution < 1.29 is 14.6 Å². The summed E-state index contributed by atoms with van der Waals surface area (Å²) in [7, 11) is 0. The van der Waals surface area contributed by atoms with Crippen LogP contribution in [0.4, 0.5) is 0 Å². The number of fused-ring (bicyclic) bond motifs is 6. The molecule has 5 aromatic rings. The summed E-state index contributed by atoms with van der Waals surface area (Å²) in [5.74, 6) is -0.719. The smallest absolute Gasteiger partial charge is 0.313 e. The van der Waals surface area contributed by atoms with E-state index in [4.69, 9.17) is 4.74 Å². The number of carbonyl (C=O) groups is 1. The molecular formula is C33H31NO3. The molecule has 186 valence electrons. The number of pyridine rings is 1. The van der Waals surface area contributed by atoms with Crippen molar-refractivity contribution in [2.24, 2.45) is 0 Å². The van der Waals surface area contributed by atoms with Gasteiger partial charge in [0.05, 0.1) is 17.5 Å². The molecule has 0 saturated carbocycles. The van der Waals surface area contributed by atoms with E-state index >= 15 is 0 Å². The molecule has 0 saturated heterocycles. The SMILES string of the molecule is CC(C)(C)OC(=O)C1CCC(C(O)c2ccnc3ccccc23)c2c1ccc1c2ccc2ccccc21. The van der Waals surface area contributed by atoms with Crippen LogP contribution in [-0.2, 0) is 9.53 Å². The fourth-order valence-corrected chi connectivity index (χ4v) is 6.02. The Hall–Kier alpha value is -3.76. The maximum absolute atomic E-state index is 13.4. The molecule has 4 heteroatoms. The molecule has 1 N–H and O–H groups in total. The van der Waals surface area contributed by atoms with Gasteiger partial charge in [-0.3, -0.25) is 9.78 Å². The third kappa shape index (κ3) is 4.15. The minimum Gasteiger partial charge on any atom is -0.459 e. The van der Waals surface area contributed by atoms with E-state index in [1.54, 1.807) is 6.20 Å². The van der Waals surface area contributed by atoms with Crippen LogP contribution in [0.25, 0.3) is 32.4 Å². The third-order valence-electron chi connectivity index (χ3n) is 7.59. The molecule has 6 rings (SSSR count). The summed E-state index contributed by atoms with van der Waals surface area (Å²) >= 11 is 0. The first kappa shape index (κ1) is 23.6. The van der Waals surface area contributed by atoms with Gasteiger partial charge in [-0.1, -0.05) is 66.7 Å². The molecule has 1 aromatic heterocycles. The molecule has 4 aromatic carbocycles. The summed E-state index contributed by atoms with van der Waals surface area (Å²) in [5, 5.41) is 17.5. The number of carbonyl (C=O) groups excluding carboxylic acids is 1. The highest BCUT2D eigenvalue weighted by molar-refractivity contribution is 6.09. The summed E-state index contributed by atoms with van der Waals surface area (Å²) in [5.41, 5.74) is 3.20. The van der Waals surface area contributed by atoms with Gasteiger partial charge >= 0.3 is 5.97 Å². The van der Waals surface area contributed by atoms with Crippen LogP contribution in [0.2, 0.25) is 0 Å². The van der Waals surface area contributed by atoms with Gasteiger partial charge < -0.3 is 9.84 Å². The zero-order chi connectivity index (χ0) is 25.7. The number of aliphatic hydroxyl groups excluding tert-OH is 1. The van der Waals surface area contributed by atoms with E-state index in [2.05, 4.69) is 47.4 Å². The number of aliphatic hydroxyl groups is 1. The highest BCUT2D eigenvalue weighted by atomic mass is 16.6. The second-order valence-corrected chi connectivity index (χ2v) is 11.1. The van der Waals surface area contributed by atoms with Gasteiger partial charge in [0.2, 0.25) is 0 Å². The molecule has 0 bridgehead atoms. The Morgan fingerprint density at radius 3 is 2.41 bits per heavy atom. The number of hydrogen-bond donors (Lipinski definition) is 1. The lowest BCUT2D eigenvalue weighted by molar-refractivity contribution is -0.157. The Bertz CT molecular complexity index is 1640. The van der Waals surface area contributed by atoms with Crippen molar-refractivity contribution in [3.05, 3.63) is 102 Å². The molecule has 0 radical (unpaired) electrons. The number of nitrogens with zero attached hydrogens (tertiary/aromatic N) is 1. The van der Waals surface area contributed by atoms with Gasteiger partial charge in [-0.2, -0.15) is 0 Å². The molecule has 0 fully saturated rings. The molecule has 1 heterocycles. The average molecular weight is 490 g/mol. The first-order valence-electron chi connectivity index (χ1n) is 13.0. The van der Waals surface area contributed by atoms with Crippen LogP contribution >= 0.6 is 0 Å². The lowest BCUT2D eigenvalue weighted by atomic mass is 9.71. The Morgan fingerprint density at radius 1 is 0.865 bits per heavy atom. The normalized spacial score (nSPS) is 18.6. The van der Waals surface area contributed by atoms with Crippen molar-refractivity contribution in [1.82, 2.24) is 4.98 Å². The minimum absolute atomic E-state index is 0.163. The van der Waals surface area contributed by atoms with E-state index in [-0.39, 0.29) is 17.8 Å². The Balaban J connectivity index is 1.56. The predicted octanol–water partition coefficient (Wildman–Crippen LogP) is 7.58. The Morgan fingerprint density at radius 2 is 1.59 bits per heavy atom. The summed E-state index contributed by atoms with van der Waals surface area (Å²) in [4.78, 5) is 17.8. The Kier molecular flexibility index (Phi) is 5.73. The first-order valence-corrected chi connectivity index (χ1v) is 13.0. The zero-order valence-electron chi connectivity index (χ0n) is 21.4. The molecule has 0 amide bonds. The van der Waals surface area contributed by atoms with Crippen LogP contribution in [-0.4, -0.2) is 21.7 Å². The molecule has 3 unspecified atom stereocenters. The van der Waals surface area contributed by atoms with Crippen LogP contribution in [0.3, 0.4) is 0 Å². The number of esters is 1. The molecule has 4 nitrogen and oxygen atoms in total. The van der Waals surface area contributed by atoms with E-state index in [1.807, 2.05) is 57.2 Å². The number of hydrogen-bond acceptors (Lipinski definition) is 4. The lowest BCUT2D eigenvalue weighted by Crippen LogP contribution is -2.31. The maximum Gasteiger partial charge on any atom is 0.313 e. The van der Waals surface area contributed by atoms with Gasteiger partial charge in [-0.25, -0.2) is 0 Å². The van der Waals surface area contributed by atoms with Crippen molar-refractivity contribution in [2.45, 2.75) is 57.2 Å². The van der Waals surface area contributed by atoms with Crippen LogP contribution < -0.4 is 0 Å². The highest BCUT2D eigenvalue weighted by Crippen LogP contribution is 2.49. The van der Waals surface area contributed by atoms with Gasteiger partial charge in [0.25, 0.3) is 0 Å². The second kappa shape index (κ2) is 8.97. The van der Waals surface area contributed by atoms with Gasteiger partial charge in [0.15, 0.2) is 0 Å². The quantitative estimate of drug-likeness (QED) is 0.210. The number of benzene rings is 4. The number of ether oxygens (including phenoxy) is 1. The maximum atomic E-state index is 13.4. The topological polar surface area (TPSA) is 59.4 Å². The van der Waals surface area contributed by atoms with E-state index in [0.717, 1.165) is 38.4 Å². The Labute approximate surface area is 216 Å². The molecular weight excluding hydrogens is 458 g/mol. The van der Waals surface area contributed by atoms with Crippen molar-refractivity contribution in [3.63, 3.8) is 0 Å². The largest absolute Gasteiger partial charge is 0.459 e. The van der Waals surface area contributed by atoms with E-state index < -0.39 is 11.7 Å². The van der Waals surface area contributed by atoms with Crippen molar-refractivity contribution in [2.75, 3.05) is 0 Å². The molecule has 0 spiro atoms. The van der Waals surface area contributed by atoms with Crippen molar-refractivity contribution >= 4 is 38.4 Å². The van der Waals surface area contributed by atoms with Crippen molar-refractivity contribution in [3.8, 4) is 0 Å². The summed E-state index contributed by atoms with van der Waals surface area (Å²) < 4.78 is 5.84. The second-order valence-electron chi connectivity index (χ2n) is 11.1. The van der Waals surface area contributed by atoms with E-state index in [9.17, 15) is 9.90 Å². The number of para-hydroxylation sites is 1. The van der Waals surface area contributed by atoms with Crippen LogP contribution in [0.5, 0.6) is 0 Å². The van der Waals surface area contributed by atoms with E-state index in [0.29, 0.717) is 12.8 Å². The molecule has 0 aliphatic heterocycles. The van der Waals surface area contributed by atoms with Gasteiger partial charge in [-0.15, -0.1) is 0 Å². The molecule has 1 aliphatic carbocycles. The van der Waals surface area contributed by atoms with E-state index in [1.165, 1.54) is 10.8 Å². The minimum atomic E-state index is -0.733. The number of rotatable bonds is 3. The fourth-order valence-electron chi connectivity index (χ4n) is 6.02.